The van der Waals surface area contributed by atoms with Crippen molar-refractivity contribution in [2.75, 3.05) is 5.32 Å². The molecule has 1 aliphatic rings. The molecule has 2 aromatic rings. The van der Waals surface area contributed by atoms with Crippen LogP contribution in [-0.2, 0) is 24.4 Å². The number of para-hydroxylation sites is 1. The third kappa shape index (κ3) is 5.00. The van der Waals surface area contributed by atoms with Crippen LogP contribution >= 0.6 is 11.3 Å². The zero-order valence-corrected chi connectivity index (χ0v) is 15.9. The Bertz CT molecular complexity index is 864. The predicted molar refractivity (Wildman–Crippen MR) is 99.5 cm³/mol. The number of nitrogens with one attached hydrogen (secondary N) is 1. The van der Waals surface area contributed by atoms with Gasteiger partial charge in [0.05, 0.1) is 23.7 Å². The number of hydrogen-bond acceptors (Lipinski definition) is 3. The van der Waals surface area contributed by atoms with Crippen molar-refractivity contribution < 1.29 is 18.0 Å². The highest BCUT2D eigenvalue weighted by atomic mass is 32.1. The first kappa shape index (κ1) is 19.7. The molecule has 1 N–H and O–H groups in total. The van der Waals surface area contributed by atoms with Gasteiger partial charge in [-0.25, -0.2) is 0 Å². The number of rotatable bonds is 4. The first-order valence-electron chi connectivity index (χ1n) is 8.98. The number of carbonyl (C=O) groups is 1. The lowest BCUT2D eigenvalue weighted by Gasteiger charge is -2.16. The number of thiazole rings is 1. The number of hydrogen-bond donors (Lipinski definition) is 1. The van der Waals surface area contributed by atoms with Gasteiger partial charge in [-0.15, -0.1) is 11.3 Å². The van der Waals surface area contributed by atoms with Crippen LogP contribution in [0.2, 0.25) is 0 Å². The van der Waals surface area contributed by atoms with Gasteiger partial charge in [0.15, 0.2) is 4.80 Å². The van der Waals surface area contributed by atoms with Gasteiger partial charge in [-0.2, -0.15) is 13.2 Å². The molecule has 1 saturated carbocycles. The molecule has 4 nitrogen and oxygen atoms in total. The molecule has 0 radical (unpaired) electrons. The Labute approximate surface area is 159 Å². The third-order valence-electron chi connectivity index (χ3n) is 4.73. The minimum absolute atomic E-state index is 0.000617. The maximum Gasteiger partial charge on any atom is 0.418 e. The molecular formula is C19H22F3N3OS. The van der Waals surface area contributed by atoms with Crippen LogP contribution in [-0.4, -0.2) is 16.5 Å². The fourth-order valence-corrected chi connectivity index (χ4v) is 4.21. The molecule has 1 amide bonds. The molecule has 1 fully saturated rings. The average Bonchev–Trinajstić information content (AvgIpc) is 2.95. The van der Waals surface area contributed by atoms with Gasteiger partial charge in [0.1, 0.15) is 0 Å². The summed E-state index contributed by atoms with van der Waals surface area (Å²) in [4.78, 5) is 17.9. The van der Waals surface area contributed by atoms with Crippen molar-refractivity contribution in [3.63, 3.8) is 0 Å². The lowest BCUT2D eigenvalue weighted by Crippen LogP contribution is -2.23. The average molecular weight is 397 g/mol. The SMILES string of the molecule is Cn1c(CC(=O)Nc2ccccc2C(F)(F)F)csc1=NC1CCCCC1. The van der Waals surface area contributed by atoms with Crippen LogP contribution in [0.1, 0.15) is 43.4 Å². The van der Waals surface area contributed by atoms with Crippen molar-refractivity contribution in [1.29, 1.82) is 0 Å². The summed E-state index contributed by atoms with van der Waals surface area (Å²) in [7, 11) is 1.84. The van der Waals surface area contributed by atoms with Crippen molar-refractivity contribution in [2.45, 2.75) is 50.7 Å². The summed E-state index contributed by atoms with van der Waals surface area (Å²) in [5.74, 6) is -0.482. The minimum Gasteiger partial charge on any atom is -0.325 e. The van der Waals surface area contributed by atoms with E-state index < -0.39 is 17.6 Å². The first-order chi connectivity index (χ1) is 12.8. The summed E-state index contributed by atoms with van der Waals surface area (Å²) >= 11 is 1.46. The Morgan fingerprint density at radius 1 is 1.26 bits per heavy atom. The summed E-state index contributed by atoms with van der Waals surface area (Å²) in [5, 5.41) is 4.23. The number of aromatic nitrogens is 1. The number of anilines is 1. The van der Waals surface area contributed by atoms with Gasteiger partial charge in [-0.05, 0) is 25.0 Å². The number of amides is 1. The second-order valence-electron chi connectivity index (χ2n) is 6.76. The van der Waals surface area contributed by atoms with E-state index in [4.69, 9.17) is 4.99 Å². The van der Waals surface area contributed by atoms with Gasteiger partial charge >= 0.3 is 6.18 Å². The maximum atomic E-state index is 13.0. The third-order valence-corrected chi connectivity index (χ3v) is 5.71. The van der Waals surface area contributed by atoms with Gasteiger partial charge in [0.2, 0.25) is 5.91 Å². The summed E-state index contributed by atoms with van der Waals surface area (Å²) in [6.07, 6.45) is 1.30. The molecule has 0 spiro atoms. The summed E-state index contributed by atoms with van der Waals surface area (Å²) < 4.78 is 41.0. The first-order valence-corrected chi connectivity index (χ1v) is 9.86. The van der Waals surface area contributed by atoms with E-state index >= 15 is 0 Å². The maximum absolute atomic E-state index is 13.0. The number of carbonyl (C=O) groups excluding carboxylic acids is 1. The van der Waals surface area contributed by atoms with Crippen molar-refractivity contribution >= 4 is 22.9 Å². The highest BCUT2D eigenvalue weighted by molar-refractivity contribution is 7.07. The topological polar surface area (TPSA) is 46.4 Å². The van der Waals surface area contributed by atoms with Crippen molar-refractivity contribution in [3.05, 3.63) is 45.7 Å². The van der Waals surface area contributed by atoms with Crippen LogP contribution in [0, 0.1) is 0 Å². The van der Waals surface area contributed by atoms with E-state index in [0.29, 0.717) is 6.04 Å². The molecule has 0 unspecified atom stereocenters. The van der Waals surface area contributed by atoms with E-state index in [1.807, 2.05) is 17.0 Å². The van der Waals surface area contributed by atoms with E-state index in [1.54, 1.807) is 0 Å². The van der Waals surface area contributed by atoms with Crippen molar-refractivity contribution in [3.8, 4) is 0 Å². The number of nitrogens with zero attached hydrogens (tertiary/aromatic N) is 2. The Morgan fingerprint density at radius 2 is 1.96 bits per heavy atom. The van der Waals surface area contributed by atoms with Crippen molar-refractivity contribution in [2.24, 2.45) is 12.0 Å². The van der Waals surface area contributed by atoms with E-state index in [-0.39, 0.29) is 12.1 Å². The largest absolute Gasteiger partial charge is 0.418 e. The van der Waals surface area contributed by atoms with Gasteiger partial charge in [-0.1, -0.05) is 31.4 Å². The van der Waals surface area contributed by atoms with Crippen LogP contribution in [0.4, 0.5) is 18.9 Å². The molecule has 1 aliphatic carbocycles. The Kier molecular flexibility index (Phi) is 6.04. The smallest absolute Gasteiger partial charge is 0.325 e. The summed E-state index contributed by atoms with van der Waals surface area (Å²) in [6.45, 7) is 0. The second-order valence-corrected chi connectivity index (χ2v) is 7.59. The predicted octanol–water partition coefficient (Wildman–Crippen LogP) is 4.52. The quantitative estimate of drug-likeness (QED) is 0.810. The lowest BCUT2D eigenvalue weighted by atomic mass is 9.96. The molecular weight excluding hydrogens is 375 g/mol. The number of halogens is 3. The molecule has 0 atom stereocenters. The van der Waals surface area contributed by atoms with Crippen LogP contribution in [0.25, 0.3) is 0 Å². The highest BCUT2D eigenvalue weighted by Crippen LogP contribution is 2.34. The normalized spacial score (nSPS) is 16.5. The second kappa shape index (κ2) is 8.29. The molecule has 0 bridgehead atoms. The van der Waals surface area contributed by atoms with Crippen LogP contribution in [0.3, 0.4) is 0 Å². The van der Waals surface area contributed by atoms with E-state index in [2.05, 4.69) is 5.32 Å². The van der Waals surface area contributed by atoms with E-state index in [0.717, 1.165) is 29.4 Å². The lowest BCUT2D eigenvalue weighted by molar-refractivity contribution is -0.137. The Balaban J connectivity index is 1.72. The van der Waals surface area contributed by atoms with Crippen LogP contribution in [0.5, 0.6) is 0 Å². The molecule has 3 rings (SSSR count). The van der Waals surface area contributed by atoms with Gasteiger partial charge in [0, 0.05) is 18.1 Å². The molecule has 0 aliphatic heterocycles. The van der Waals surface area contributed by atoms with E-state index in [9.17, 15) is 18.0 Å². The highest BCUT2D eigenvalue weighted by Gasteiger charge is 2.33. The number of alkyl halides is 3. The van der Waals surface area contributed by atoms with Crippen LogP contribution in [0.15, 0.2) is 34.6 Å². The molecule has 1 aromatic carbocycles. The Hall–Kier alpha value is -2.09. The summed E-state index contributed by atoms with van der Waals surface area (Å²) in [5.41, 5.74) is -0.336. The zero-order chi connectivity index (χ0) is 19.4. The van der Waals surface area contributed by atoms with Crippen molar-refractivity contribution in [1.82, 2.24) is 4.57 Å². The Morgan fingerprint density at radius 3 is 2.67 bits per heavy atom. The van der Waals surface area contributed by atoms with Gasteiger partial charge < -0.3 is 9.88 Å². The fourth-order valence-electron chi connectivity index (χ4n) is 3.24. The standard InChI is InChI=1S/C19H22F3N3OS/c1-25-14(12-27-18(25)23-13-7-3-2-4-8-13)11-17(26)24-16-10-6-5-9-15(16)19(20,21)22/h5-6,9-10,12-13H,2-4,7-8,11H2,1H3,(H,24,26). The fraction of sp³-hybridized carbons (Fsp3) is 0.474. The monoisotopic (exact) mass is 397 g/mol. The molecule has 1 heterocycles. The molecule has 8 heteroatoms. The van der Waals surface area contributed by atoms with E-state index in [1.165, 1.54) is 48.8 Å². The van der Waals surface area contributed by atoms with Crippen LogP contribution < -0.4 is 10.1 Å². The van der Waals surface area contributed by atoms with Gasteiger partial charge in [-0.3, -0.25) is 9.79 Å². The minimum atomic E-state index is -4.51. The molecule has 1 aromatic heterocycles. The van der Waals surface area contributed by atoms with Gasteiger partial charge in [0.25, 0.3) is 0 Å². The summed E-state index contributed by atoms with van der Waals surface area (Å²) in [6, 6.07) is 5.32. The molecule has 0 saturated heterocycles. The zero-order valence-electron chi connectivity index (χ0n) is 15.1. The molecule has 27 heavy (non-hydrogen) atoms. The molecule has 146 valence electrons. The number of benzene rings is 1.